The lowest BCUT2D eigenvalue weighted by atomic mass is 9.91. The molecule has 26 heavy (non-hydrogen) atoms. The number of rotatable bonds is 4. The predicted octanol–water partition coefficient (Wildman–Crippen LogP) is 4.36. The standard InChI is InChI=1S/C18H19BrN4O2S/c1-11-12(9-18(7-3-4-8-18)25-17(24)21-2)16(26-23-11)14-6-5-13(19)15(10-20)22-14/h5-6H,3-4,7-9H2,1-2H3,(H,21,24). The number of aryl methyl sites for hydroxylation is 1. The first kappa shape index (κ1) is 18.8. The molecule has 2 heterocycles. The Morgan fingerprint density at radius 2 is 2.19 bits per heavy atom. The summed E-state index contributed by atoms with van der Waals surface area (Å²) in [5, 5.41) is 11.8. The molecule has 1 fully saturated rings. The molecule has 1 aliphatic carbocycles. The smallest absolute Gasteiger partial charge is 0.407 e. The normalized spacial score (nSPS) is 15.5. The van der Waals surface area contributed by atoms with Gasteiger partial charge in [-0.25, -0.2) is 9.78 Å². The zero-order chi connectivity index (χ0) is 18.7. The summed E-state index contributed by atoms with van der Waals surface area (Å²) in [6.07, 6.45) is 3.97. The third-order valence-corrected chi connectivity index (χ3v) is 6.34. The minimum absolute atomic E-state index is 0.344. The molecule has 1 N–H and O–H groups in total. The van der Waals surface area contributed by atoms with Crippen molar-refractivity contribution in [2.45, 2.75) is 44.6 Å². The molecule has 0 bridgehead atoms. The zero-order valence-corrected chi connectivity index (χ0v) is 17.0. The van der Waals surface area contributed by atoms with Crippen LogP contribution < -0.4 is 5.32 Å². The molecule has 0 aromatic carbocycles. The van der Waals surface area contributed by atoms with Gasteiger partial charge in [0.2, 0.25) is 0 Å². The van der Waals surface area contributed by atoms with E-state index in [1.165, 1.54) is 11.5 Å². The van der Waals surface area contributed by atoms with Crippen molar-refractivity contribution in [3.63, 3.8) is 0 Å². The van der Waals surface area contributed by atoms with Crippen molar-refractivity contribution in [2.75, 3.05) is 7.05 Å². The molecule has 0 aliphatic heterocycles. The summed E-state index contributed by atoms with van der Waals surface area (Å²) in [6.45, 7) is 1.96. The van der Waals surface area contributed by atoms with Gasteiger partial charge in [0.25, 0.3) is 0 Å². The van der Waals surface area contributed by atoms with E-state index in [0.717, 1.165) is 47.5 Å². The van der Waals surface area contributed by atoms with Crippen LogP contribution in [-0.4, -0.2) is 28.1 Å². The van der Waals surface area contributed by atoms with E-state index >= 15 is 0 Å². The minimum atomic E-state index is -0.504. The van der Waals surface area contributed by atoms with Gasteiger partial charge in [-0.3, -0.25) is 0 Å². The highest BCUT2D eigenvalue weighted by Crippen LogP contribution is 2.40. The van der Waals surface area contributed by atoms with Crippen LogP contribution in [0.2, 0.25) is 0 Å². The fraction of sp³-hybridized carbons (Fsp3) is 0.444. The van der Waals surface area contributed by atoms with Crippen LogP contribution in [0.5, 0.6) is 0 Å². The molecule has 2 aromatic heterocycles. The van der Waals surface area contributed by atoms with Crippen LogP contribution in [0, 0.1) is 18.3 Å². The Kier molecular flexibility index (Phi) is 5.58. The number of nitrogens with zero attached hydrogens (tertiary/aromatic N) is 3. The molecule has 8 heteroatoms. The number of alkyl carbamates (subject to hydrolysis) is 1. The number of ether oxygens (including phenoxy) is 1. The second-order valence-corrected chi connectivity index (χ2v) is 8.05. The Bertz CT molecular complexity index is 869. The summed E-state index contributed by atoms with van der Waals surface area (Å²) in [5.74, 6) is 0. The molecule has 3 rings (SSSR count). The lowest BCUT2D eigenvalue weighted by Crippen LogP contribution is -2.38. The number of hydrogen-bond donors (Lipinski definition) is 1. The van der Waals surface area contributed by atoms with Gasteiger partial charge in [0.1, 0.15) is 11.7 Å². The van der Waals surface area contributed by atoms with E-state index < -0.39 is 11.7 Å². The molecule has 1 saturated carbocycles. The van der Waals surface area contributed by atoms with Crippen molar-refractivity contribution in [2.24, 2.45) is 0 Å². The van der Waals surface area contributed by atoms with Gasteiger partial charge in [-0.2, -0.15) is 9.64 Å². The van der Waals surface area contributed by atoms with Crippen molar-refractivity contribution in [3.05, 3.63) is 33.6 Å². The number of aromatic nitrogens is 2. The number of pyridine rings is 1. The average molecular weight is 435 g/mol. The van der Waals surface area contributed by atoms with Gasteiger partial charge in [0.15, 0.2) is 5.69 Å². The van der Waals surface area contributed by atoms with Crippen LogP contribution in [0.4, 0.5) is 4.79 Å². The van der Waals surface area contributed by atoms with Gasteiger partial charge in [0.05, 0.1) is 20.7 Å². The Hall–Kier alpha value is -1.98. The molecule has 0 saturated heterocycles. The topological polar surface area (TPSA) is 87.9 Å². The van der Waals surface area contributed by atoms with Crippen LogP contribution in [-0.2, 0) is 11.2 Å². The Balaban J connectivity index is 1.98. The highest BCUT2D eigenvalue weighted by atomic mass is 79.9. The molecule has 6 nitrogen and oxygen atoms in total. The van der Waals surface area contributed by atoms with E-state index in [0.29, 0.717) is 16.6 Å². The van der Waals surface area contributed by atoms with E-state index in [1.807, 2.05) is 19.1 Å². The van der Waals surface area contributed by atoms with Crippen LogP contribution >= 0.6 is 27.5 Å². The van der Waals surface area contributed by atoms with Gasteiger partial charge >= 0.3 is 6.09 Å². The SMILES string of the molecule is CNC(=O)OC1(Cc2c(C)nsc2-c2ccc(Br)c(C#N)n2)CCCC1. The molecule has 0 radical (unpaired) electrons. The Morgan fingerprint density at radius 3 is 2.85 bits per heavy atom. The van der Waals surface area contributed by atoms with E-state index in [2.05, 4.69) is 36.7 Å². The predicted molar refractivity (Wildman–Crippen MR) is 103 cm³/mol. The fourth-order valence-electron chi connectivity index (χ4n) is 3.35. The fourth-order valence-corrected chi connectivity index (χ4v) is 4.53. The zero-order valence-electron chi connectivity index (χ0n) is 14.6. The third kappa shape index (κ3) is 3.74. The quantitative estimate of drug-likeness (QED) is 0.771. The molecule has 0 unspecified atom stereocenters. The van der Waals surface area contributed by atoms with Crippen molar-refractivity contribution in [1.29, 1.82) is 5.26 Å². The van der Waals surface area contributed by atoms with Crippen molar-refractivity contribution in [1.82, 2.24) is 14.7 Å². The second-order valence-electron chi connectivity index (χ2n) is 6.42. The summed E-state index contributed by atoms with van der Waals surface area (Å²) in [6, 6.07) is 5.80. The summed E-state index contributed by atoms with van der Waals surface area (Å²) in [7, 11) is 1.57. The number of amides is 1. The second kappa shape index (κ2) is 7.72. The largest absolute Gasteiger partial charge is 0.443 e. The molecular weight excluding hydrogens is 416 g/mol. The van der Waals surface area contributed by atoms with Crippen LogP contribution in [0.15, 0.2) is 16.6 Å². The number of nitriles is 1. The lowest BCUT2D eigenvalue weighted by molar-refractivity contribution is 0.0173. The van der Waals surface area contributed by atoms with E-state index in [4.69, 9.17) is 4.74 Å². The van der Waals surface area contributed by atoms with Crippen LogP contribution in [0.25, 0.3) is 10.6 Å². The number of carbonyl (C=O) groups excluding carboxylic acids is 1. The number of nitrogens with one attached hydrogen (secondary N) is 1. The summed E-state index contributed by atoms with van der Waals surface area (Å²) < 4.78 is 10.9. The molecular formula is C18H19BrN4O2S. The van der Waals surface area contributed by atoms with Crippen LogP contribution in [0.3, 0.4) is 0 Å². The van der Waals surface area contributed by atoms with Crippen molar-refractivity contribution < 1.29 is 9.53 Å². The minimum Gasteiger partial charge on any atom is -0.443 e. The van der Waals surface area contributed by atoms with Gasteiger partial charge in [-0.1, -0.05) is 0 Å². The van der Waals surface area contributed by atoms with Crippen LogP contribution in [0.1, 0.15) is 42.6 Å². The monoisotopic (exact) mass is 434 g/mol. The number of hydrogen-bond acceptors (Lipinski definition) is 6. The molecule has 136 valence electrons. The highest BCUT2D eigenvalue weighted by Gasteiger charge is 2.39. The van der Waals surface area contributed by atoms with Gasteiger partial charge in [-0.15, -0.1) is 0 Å². The third-order valence-electron chi connectivity index (χ3n) is 4.70. The molecule has 0 spiro atoms. The Labute approximate surface area is 164 Å². The molecule has 0 atom stereocenters. The average Bonchev–Trinajstić information content (AvgIpc) is 3.23. The first-order chi connectivity index (χ1) is 12.5. The number of carbonyl (C=O) groups is 1. The van der Waals surface area contributed by atoms with Gasteiger partial charge in [-0.05, 0) is 77.8 Å². The first-order valence-corrected chi connectivity index (χ1v) is 9.97. The summed E-state index contributed by atoms with van der Waals surface area (Å²) in [5.41, 5.74) is 2.52. The molecule has 2 aromatic rings. The first-order valence-electron chi connectivity index (χ1n) is 8.41. The summed E-state index contributed by atoms with van der Waals surface area (Å²) >= 11 is 4.71. The van der Waals surface area contributed by atoms with Gasteiger partial charge < -0.3 is 10.1 Å². The van der Waals surface area contributed by atoms with E-state index in [1.54, 1.807) is 7.05 Å². The number of halogens is 1. The highest BCUT2D eigenvalue weighted by molar-refractivity contribution is 9.10. The maximum Gasteiger partial charge on any atom is 0.407 e. The van der Waals surface area contributed by atoms with Gasteiger partial charge in [0, 0.05) is 13.5 Å². The summed E-state index contributed by atoms with van der Waals surface area (Å²) in [4.78, 5) is 17.2. The Morgan fingerprint density at radius 1 is 1.46 bits per heavy atom. The lowest BCUT2D eigenvalue weighted by Gasteiger charge is -2.29. The molecule has 1 amide bonds. The maximum atomic E-state index is 11.9. The van der Waals surface area contributed by atoms with Crippen molar-refractivity contribution in [3.8, 4) is 16.6 Å². The van der Waals surface area contributed by atoms with E-state index in [9.17, 15) is 10.1 Å². The van der Waals surface area contributed by atoms with E-state index in [-0.39, 0.29) is 0 Å². The molecule has 1 aliphatic rings. The maximum absolute atomic E-state index is 11.9. The van der Waals surface area contributed by atoms with Crippen molar-refractivity contribution >= 4 is 33.6 Å².